The van der Waals surface area contributed by atoms with Gasteiger partial charge in [-0.3, -0.25) is 0 Å². The van der Waals surface area contributed by atoms with E-state index in [2.05, 4.69) is 53.3 Å². The molecule has 18 heavy (non-hydrogen) atoms. The Labute approximate surface area is 116 Å². The predicted molar refractivity (Wildman–Crippen MR) is 87.1 cm³/mol. The van der Waals surface area contributed by atoms with Crippen LogP contribution in [-0.4, -0.2) is 32.9 Å². The average molecular weight is 249 g/mol. The summed E-state index contributed by atoms with van der Waals surface area (Å²) in [6.45, 7) is 8.53. The third kappa shape index (κ3) is 7.76. The lowest BCUT2D eigenvalue weighted by Gasteiger charge is -2.25. The summed E-state index contributed by atoms with van der Waals surface area (Å²) in [6.07, 6.45) is 11.3. The highest BCUT2D eigenvalue weighted by Gasteiger charge is 2.12. The molecule has 2 heteroatoms. The molecule has 0 heterocycles. The fourth-order valence-corrected chi connectivity index (χ4v) is 2.49. The van der Waals surface area contributed by atoms with E-state index in [0.29, 0.717) is 6.04 Å². The van der Waals surface area contributed by atoms with Crippen LogP contribution in [0.25, 0.3) is 0 Å². The van der Waals surface area contributed by atoms with Gasteiger partial charge in [0, 0.05) is 6.04 Å². The Hall–Kier alpha value is -0.495. The molecule has 1 unspecified atom stereocenters. The SMILES string of the molecule is BC/C=C(/CCCCC)CCC(C(=C)C)N(C)C. The quantitative estimate of drug-likeness (QED) is 0.323. The Balaban J connectivity index is 4.24. The topological polar surface area (TPSA) is 3.24 Å². The van der Waals surface area contributed by atoms with Crippen molar-refractivity contribution in [3.63, 3.8) is 0 Å². The molecule has 0 spiro atoms. The second-order valence-corrected chi connectivity index (χ2v) is 5.59. The van der Waals surface area contributed by atoms with Gasteiger partial charge in [0.15, 0.2) is 0 Å². The lowest BCUT2D eigenvalue weighted by molar-refractivity contribution is 0.314. The van der Waals surface area contributed by atoms with Crippen molar-refractivity contribution in [1.82, 2.24) is 4.90 Å². The Morgan fingerprint density at radius 3 is 2.39 bits per heavy atom. The van der Waals surface area contributed by atoms with E-state index < -0.39 is 0 Å². The van der Waals surface area contributed by atoms with Crippen molar-refractivity contribution >= 4 is 7.85 Å². The minimum Gasteiger partial charge on any atom is -0.303 e. The van der Waals surface area contributed by atoms with E-state index in [4.69, 9.17) is 0 Å². The molecular formula is C16H32BN. The first-order valence-corrected chi connectivity index (χ1v) is 7.52. The molecule has 0 bridgehead atoms. The fourth-order valence-electron chi connectivity index (χ4n) is 2.49. The minimum absolute atomic E-state index is 0.524. The highest BCUT2D eigenvalue weighted by atomic mass is 15.1. The van der Waals surface area contributed by atoms with Crippen LogP contribution in [0.5, 0.6) is 0 Å². The van der Waals surface area contributed by atoms with Crippen molar-refractivity contribution in [2.45, 2.75) is 64.7 Å². The number of allylic oxidation sites excluding steroid dienone is 2. The molecule has 0 aromatic carbocycles. The Morgan fingerprint density at radius 2 is 1.94 bits per heavy atom. The minimum atomic E-state index is 0.524. The molecule has 0 saturated carbocycles. The van der Waals surface area contributed by atoms with Gasteiger partial charge in [-0.2, -0.15) is 0 Å². The maximum absolute atomic E-state index is 4.11. The van der Waals surface area contributed by atoms with Gasteiger partial charge in [0.05, 0.1) is 0 Å². The molecular weight excluding hydrogens is 217 g/mol. The normalized spacial score (nSPS) is 13.9. The van der Waals surface area contributed by atoms with E-state index in [1.807, 2.05) is 0 Å². The van der Waals surface area contributed by atoms with Gasteiger partial charge in [-0.1, -0.05) is 49.9 Å². The lowest BCUT2D eigenvalue weighted by Crippen LogP contribution is -2.28. The molecule has 0 aliphatic rings. The summed E-state index contributed by atoms with van der Waals surface area (Å²) in [6, 6.07) is 0.524. The first-order chi connectivity index (χ1) is 8.52. The van der Waals surface area contributed by atoms with Gasteiger partial charge < -0.3 is 4.90 Å². The molecule has 0 N–H and O–H groups in total. The van der Waals surface area contributed by atoms with E-state index in [9.17, 15) is 0 Å². The number of unbranched alkanes of at least 4 members (excludes halogenated alkanes) is 2. The third-order valence-electron chi connectivity index (χ3n) is 3.53. The maximum atomic E-state index is 4.11. The van der Waals surface area contributed by atoms with Gasteiger partial charge in [0.1, 0.15) is 7.85 Å². The maximum Gasteiger partial charge on any atom is 0.106 e. The van der Waals surface area contributed by atoms with Crippen LogP contribution in [0.3, 0.4) is 0 Å². The van der Waals surface area contributed by atoms with Gasteiger partial charge in [-0.05, 0) is 46.7 Å². The van der Waals surface area contributed by atoms with Crippen LogP contribution in [-0.2, 0) is 0 Å². The van der Waals surface area contributed by atoms with Crippen LogP contribution in [0.2, 0.25) is 6.32 Å². The highest BCUT2D eigenvalue weighted by molar-refractivity contribution is 6.09. The highest BCUT2D eigenvalue weighted by Crippen LogP contribution is 2.20. The van der Waals surface area contributed by atoms with Crippen molar-refractivity contribution in [1.29, 1.82) is 0 Å². The first kappa shape index (κ1) is 17.5. The monoisotopic (exact) mass is 249 g/mol. The number of nitrogens with zero attached hydrogens (tertiary/aromatic N) is 1. The van der Waals surface area contributed by atoms with Gasteiger partial charge >= 0.3 is 0 Å². The lowest BCUT2D eigenvalue weighted by atomic mass is 9.93. The van der Waals surface area contributed by atoms with Gasteiger partial charge in [0.2, 0.25) is 0 Å². The van der Waals surface area contributed by atoms with Crippen molar-refractivity contribution in [2.24, 2.45) is 0 Å². The van der Waals surface area contributed by atoms with Crippen LogP contribution >= 0.6 is 0 Å². The van der Waals surface area contributed by atoms with Crippen LogP contribution in [0, 0.1) is 0 Å². The molecule has 0 amide bonds. The zero-order valence-electron chi connectivity index (χ0n) is 13.3. The third-order valence-corrected chi connectivity index (χ3v) is 3.53. The molecule has 0 aromatic rings. The summed E-state index contributed by atoms with van der Waals surface area (Å²) < 4.78 is 0. The molecule has 0 aromatic heterocycles. The molecule has 0 aliphatic heterocycles. The van der Waals surface area contributed by atoms with Crippen LogP contribution in [0.4, 0.5) is 0 Å². The van der Waals surface area contributed by atoms with Crippen molar-refractivity contribution in [3.8, 4) is 0 Å². The van der Waals surface area contributed by atoms with E-state index in [0.717, 1.165) is 0 Å². The summed E-state index contributed by atoms with van der Waals surface area (Å²) in [4.78, 5) is 2.29. The van der Waals surface area contributed by atoms with E-state index in [1.54, 1.807) is 5.57 Å². The molecule has 0 radical (unpaired) electrons. The summed E-state index contributed by atoms with van der Waals surface area (Å²) >= 11 is 0. The number of rotatable bonds is 10. The molecule has 0 fully saturated rings. The summed E-state index contributed by atoms with van der Waals surface area (Å²) in [5, 5.41) is 0. The fraction of sp³-hybridized carbons (Fsp3) is 0.750. The zero-order chi connectivity index (χ0) is 14.0. The molecule has 1 nitrogen and oxygen atoms in total. The Kier molecular flexibility index (Phi) is 10.1. The van der Waals surface area contributed by atoms with Crippen LogP contribution in [0.1, 0.15) is 52.4 Å². The molecule has 1 atom stereocenters. The van der Waals surface area contributed by atoms with E-state index >= 15 is 0 Å². The molecule has 0 aliphatic carbocycles. The smallest absolute Gasteiger partial charge is 0.106 e. The molecule has 104 valence electrons. The summed E-state index contributed by atoms with van der Waals surface area (Å²) in [7, 11) is 6.54. The summed E-state index contributed by atoms with van der Waals surface area (Å²) in [5.74, 6) is 0. The number of hydrogen-bond donors (Lipinski definition) is 0. The molecule has 0 rings (SSSR count). The largest absolute Gasteiger partial charge is 0.303 e. The van der Waals surface area contributed by atoms with Crippen molar-refractivity contribution < 1.29 is 0 Å². The van der Waals surface area contributed by atoms with E-state index in [1.165, 1.54) is 50.4 Å². The Morgan fingerprint density at radius 1 is 1.28 bits per heavy atom. The first-order valence-electron chi connectivity index (χ1n) is 7.52. The average Bonchev–Trinajstić information content (AvgIpc) is 2.28. The second kappa shape index (κ2) is 10.4. The molecule has 0 saturated heterocycles. The number of likely N-dealkylation sites (N-methyl/N-ethyl adjacent to an activating group) is 1. The van der Waals surface area contributed by atoms with E-state index in [-0.39, 0.29) is 0 Å². The van der Waals surface area contributed by atoms with Gasteiger partial charge in [0.25, 0.3) is 0 Å². The van der Waals surface area contributed by atoms with Crippen molar-refractivity contribution in [3.05, 3.63) is 23.8 Å². The zero-order valence-corrected chi connectivity index (χ0v) is 13.3. The van der Waals surface area contributed by atoms with Crippen LogP contribution in [0.15, 0.2) is 23.8 Å². The standard InChI is InChI=1S/C16H32BN/c1-6-7-8-9-15(12-13-17)10-11-16(14(2)3)18(4)5/h12,16H,2,6-11,13,17H2,1,3-5H3/b15-12-. The van der Waals surface area contributed by atoms with Crippen molar-refractivity contribution in [2.75, 3.05) is 14.1 Å². The number of hydrogen-bond acceptors (Lipinski definition) is 1. The second-order valence-electron chi connectivity index (χ2n) is 5.59. The Bertz CT molecular complexity index is 256. The van der Waals surface area contributed by atoms with Gasteiger partial charge in [-0.25, -0.2) is 0 Å². The predicted octanol–water partition coefficient (Wildman–Crippen LogP) is 3.83. The summed E-state index contributed by atoms with van der Waals surface area (Å²) in [5.41, 5.74) is 2.93. The van der Waals surface area contributed by atoms with Gasteiger partial charge in [-0.15, -0.1) is 0 Å². The van der Waals surface area contributed by atoms with Crippen LogP contribution < -0.4 is 0 Å².